The molecule has 4 aliphatic rings. The Labute approximate surface area is 273 Å². The SMILES string of the molecule is CCC.COc1cc(N2C=CN(C)[CH-]2)nc(N2C=CN(C)[CH-]2)c1.COc1cc(N2C=CN(C)[CH-]2)nc(N2C=CN(C)[CH-]2)c1.[Fe+4]. The van der Waals surface area contributed by atoms with Crippen LogP contribution in [0.25, 0.3) is 0 Å². The number of pyridine rings is 2. The van der Waals surface area contributed by atoms with Crippen molar-refractivity contribution in [3.05, 3.63) is 101 Å². The van der Waals surface area contributed by atoms with Gasteiger partial charge in [0.2, 0.25) is 0 Å². The molecule has 6 heterocycles. The van der Waals surface area contributed by atoms with E-state index >= 15 is 0 Å². The summed E-state index contributed by atoms with van der Waals surface area (Å²) in [6.07, 6.45) is 17.0. The molecule has 0 unspecified atom stereocenters. The zero-order chi connectivity index (χ0) is 30.9. The van der Waals surface area contributed by atoms with Gasteiger partial charge in [-0.2, -0.15) is 0 Å². The molecule has 236 valence electrons. The minimum atomic E-state index is 0. The van der Waals surface area contributed by atoms with Crippen molar-refractivity contribution in [2.24, 2.45) is 0 Å². The third kappa shape index (κ3) is 8.90. The summed E-state index contributed by atoms with van der Waals surface area (Å²) in [7, 11) is 11.2. The van der Waals surface area contributed by atoms with E-state index in [0.717, 1.165) is 34.8 Å². The van der Waals surface area contributed by atoms with Gasteiger partial charge in [-0.15, -0.1) is 26.7 Å². The number of nitrogens with zero attached hydrogens (tertiary/aromatic N) is 10. The Balaban J connectivity index is 0.000000216. The normalized spacial score (nSPS) is 16.4. The van der Waals surface area contributed by atoms with E-state index in [0.29, 0.717) is 0 Å². The fourth-order valence-electron chi connectivity index (χ4n) is 4.06. The van der Waals surface area contributed by atoms with Crippen LogP contribution in [0.15, 0.2) is 73.9 Å². The van der Waals surface area contributed by atoms with Crippen molar-refractivity contribution in [1.82, 2.24) is 29.6 Å². The molecule has 6 rings (SSSR count). The molecule has 0 atom stereocenters. The van der Waals surface area contributed by atoms with E-state index in [2.05, 4.69) is 23.8 Å². The maximum atomic E-state index is 5.37. The van der Waals surface area contributed by atoms with Gasteiger partial charge in [0, 0.05) is 24.3 Å². The average Bonchev–Trinajstić information content (AvgIpc) is 3.82. The Hall–Kier alpha value is -4.22. The summed E-state index contributed by atoms with van der Waals surface area (Å²) in [6, 6.07) is 7.64. The monoisotopic (exact) mass is 642 g/mol. The Kier molecular flexibility index (Phi) is 12.5. The van der Waals surface area contributed by atoms with Crippen molar-refractivity contribution in [2.75, 3.05) is 62.0 Å². The van der Waals surface area contributed by atoms with Gasteiger partial charge < -0.3 is 48.7 Å². The van der Waals surface area contributed by atoms with Gasteiger partial charge in [0.15, 0.2) is 0 Å². The molecule has 0 amide bonds. The first-order chi connectivity index (χ1) is 20.7. The van der Waals surface area contributed by atoms with Crippen LogP contribution in [0.3, 0.4) is 0 Å². The average molecular weight is 643 g/mol. The molecule has 4 aliphatic heterocycles. The van der Waals surface area contributed by atoms with E-state index in [1.54, 1.807) is 14.2 Å². The number of anilines is 4. The molecule has 0 aromatic carbocycles. The van der Waals surface area contributed by atoms with Crippen molar-refractivity contribution in [2.45, 2.75) is 20.3 Å². The number of rotatable bonds is 6. The van der Waals surface area contributed by atoms with Crippen LogP contribution in [-0.2, 0) is 17.1 Å². The predicted molar refractivity (Wildman–Crippen MR) is 172 cm³/mol. The van der Waals surface area contributed by atoms with Crippen molar-refractivity contribution in [3.63, 3.8) is 0 Å². The quantitative estimate of drug-likeness (QED) is 0.316. The van der Waals surface area contributed by atoms with Gasteiger partial charge in [-0.25, -0.2) is 9.97 Å². The number of methoxy groups -OCH3 is 2. The standard InChI is InChI=1S/2C14H17N5O.C3H8.Fe/c2*1-16-4-6-18(10-16)13-8-12(20-3)9-14(15-13)19-7-5-17(2)11-19;1-3-2;/h2*4-11H,1-3H3;3H2,1-2H3;/q2*-2;;+4. The van der Waals surface area contributed by atoms with E-state index in [1.165, 1.54) is 6.42 Å². The van der Waals surface area contributed by atoms with Crippen LogP contribution >= 0.6 is 0 Å². The molecule has 2 aromatic rings. The first-order valence-corrected chi connectivity index (χ1v) is 14.0. The molecule has 0 fully saturated rings. The summed E-state index contributed by atoms with van der Waals surface area (Å²) in [4.78, 5) is 25.0. The molecule has 0 radical (unpaired) electrons. The Morgan fingerprint density at radius 1 is 0.500 bits per heavy atom. The van der Waals surface area contributed by atoms with Crippen LogP contribution in [0.1, 0.15) is 20.3 Å². The number of ether oxygens (including phenoxy) is 2. The largest absolute Gasteiger partial charge is 4.00 e. The second kappa shape index (κ2) is 16.0. The molecule has 0 N–H and O–H groups in total. The maximum absolute atomic E-state index is 5.37. The van der Waals surface area contributed by atoms with Crippen LogP contribution in [0, 0.1) is 26.7 Å². The number of hydrogen-bond donors (Lipinski definition) is 0. The number of hydrogen-bond acceptors (Lipinski definition) is 12. The fourth-order valence-corrected chi connectivity index (χ4v) is 4.06. The van der Waals surface area contributed by atoms with Crippen LogP contribution in [0.5, 0.6) is 11.5 Å². The summed E-state index contributed by atoms with van der Waals surface area (Å²) < 4.78 is 10.7. The van der Waals surface area contributed by atoms with E-state index in [9.17, 15) is 0 Å². The van der Waals surface area contributed by atoms with Crippen molar-refractivity contribution in [1.29, 1.82) is 0 Å². The Morgan fingerprint density at radius 2 is 0.727 bits per heavy atom. The second-order valence-corrected chi connectivity index (χ2v) is 10.1. The van der Waals surface area contributed by atoms with Gasteiger partial charge in [-0.1, -0.05) is 20.3 Å². The van der Waals surface area contributed by atoms with E-state index < -0.39 is 0 Å². The number of aromatic nitrogens is 2. The smallest absolute Gasteiger partial charge is 0.510 e. The zero-order valence-electron chi connectivity index (χ0n) is 26.6. The molecule has 12 nitrogen and oxygen atoms in total. The molecule has 0 saturated carbocycles. The topological polar surface area (TPSA) is 70.2 Å². The molecule has 2 aromatic heterocycles. The molecule has 13 heteroatoms. The summed E-state index contributed by atoms with van der Waals surface area (Å²) in [5.74, 6) is 4.82. The summed E-state index contributed by atoms with van der Waals surface area (Å²) >= 11 is 0. The molecular weight excluding hydrogens is 600 g/mol. The van der Waals surface area contributed by atoms with E-state index in [4.69, 9.17) is 9.47 Å². The van der Waals surface area contributed by atoms with E-state index in [-0.39, 0.29) is 17.1 Å². The Morgan fingerprint density at radius 3 is 0.886 bits per heavy atom. The Bertz CT molecular complexity index is 1150. The van der Waals surface area contributed by atoms with Crippen molar-refractivity contribution in [3.8, 4) is 11.5 Å². The molecule has 0 aliphatic carbocycles. The molecular formula is C31H42FeN10O2. The third-order valence-electron chi connectivity index (χ3n) is 6.15. The van der Waals surface area contributed by atoms with Crippen molar-refractivity contribution >= 4 is 23.3 Å². The van der Waals surface area contributed by atoms with Gasteiger partial charge in [0.25, 0.3) is 0 Å². The van der Waals surface area contributed by atoms with Crippen LogP contribution in [0.2, 0.25) is 0 Å². The maximum Gasteiger partial charge on any atom is 4.00 e. The van der Waals surface area contributed by atoms with Gasteiger partial charge in [0.1, 0.15) is 34.8 Å². The first kappa shape index (κ1) is 34.3. The van der Waals surface area contributed by atoms with Crippen LogP contribution < -0.4 is 29.1 Å². The molecule has 44 heavy (non-hydrogen) atoms. The molecule has 0 spiro atoms. The molecule has 0 bridgehead atoms. The summed E-state index contributed by atoms with van der Waals surface area (Å²) in [5, 5.41) is 0. The summed E-state index contributed by atoms with van der Waals surface area (Å²) in [6.45, 7) is 12.1. The predicted octanol–water partition coefficient (Wildman–Crippen LogP) is 4.96. The third-order valence-corrected chi connectivity index (χ3v) is 6.15. The summed E-state index contributed by atoms with van der Waals surface area (Å²) in [5.41, 5.74) is 0. The first-order valence-electron chi connectivity index (χ1n) is 14.0. The van der Waals surface area contributed by atoms with Crippen LogP contribution in [0.4, 0.5) is 23.3 Å². The molecule has 0 saturated heterocycles. The minimum Gasteiger partial charge on any atom is -0.510 e. The van der Waals surface area contributed by atoms with Crippen molar-refractivity contribution < 1.29 is 26.5 Å². The fraction of sp³-hybridized carbons (Fsp3) is 0.290. The minimum absolute atomic E-state index is 0. The van der Waals surface area contributed by atoms with Gasteiger partial charge in [-0.3, -0.25) is 0 Å². The second-order valence-electron chi connectivity index (χ2n) is 10.1. The van der Waals surface area contributed by atoms with Gasteiger partial charge in [-0.05, 0) is 77.8 Å². The van der Waals surface area contributed by atoms with E-state index in [1.807, 2.05) is 168 Å². The zero-order valence-corrected chi connectivity index (χ0v) is 27.7. The van der Waals surface area contributed by atoms with Crippen LogP contribution in [-0.4, -0.2) is 72.0 Å². The van der Waals surface area contributed by atoms with Gasteiger partial charge in [0.05, 0.1) is 14.2 Å². The van der Waals surface area contributed by atoms with Gasteiger partial charge >= 0.3 is 17.1 Å².